The van der Waals surface area contributed by atoms with Crippen LogP contribution in [0.1, 0.15) is 11.1 Å². The van der Waals surface area contributed by atoms with Gasteiger partial charge in [-0.05, 0) is 17.7 Å². The molecule has 0 aliphatic heterocycles. The van der Waals surface area contributed by atoms with E-state index in [1.54, 1.807) is 0 Å². The molecule has 0 amide bonds. The van der Waals surface area contributed by atoms with E-state index in [1.807, 2.05) is 42.5 Å². The summed E-state index contributed by atoms with van der Waals surface area (Å²) in [5.74, 6) is 0. The van der Waals surface area contributed by atoms with E-state index in [1.165, 1.54) is 5.56 Å². The highest BCUT2D eigenvalue weighted by atomic mass is 35.5. The van der Waals surface area contributed by atoms with Gasteiger partial charge in [-0.3, -0.25) is 0 Å². The summed E-state index contributed by atoms with van der Waals surface area (Å²) in [6, 6.07) is 17.7. The fourth-order valence-corrected chi connectivity index (χ4v) is 2.14. The van der Waals surface area contributed by atoms with Gasteiger partial charge in [0, 0.05) is 10.6 Å². The lowest BCUT2D eigenvalue weighted by Crippen LogP contribution is -2.85. The van der Waals surface area contributed by atoms with Gasteiger partial charge in [0.1, 0.15) is 19.2 Å². The molecule has 0 radical (unpaired) electrons. The lowest BCUT2D eigenvalue weighted by molar-refractivity contribution is -0.676. The smallest absolute Gasteiger partial charge is 0.126 e. The average Bonchev–Trinajstić information content (AvgIpc) is 2.50. The largest absolute Gasteiger partial charge is 0.385 e. The summed E-state index contributed by atoms with van der Waals surface area (Å²) in [5.41, 5.74) is 2.31. The number of hydrogen-bond acceptors (Lipinski definition) is 2. The van der Waals surface area contributed by atoms with E-state index in [0.717, 1.165) is 12.1 Å². The van der Waals surface area contributed by atoms with Crippen molar-refractivity contribution in [1.82, 2.24) is 0 Å². The van der Waals surface area contributed by atoms with Gasteiger partial charge >= 0.3 is 0 Å². The number of halogens is 1. The van der Waals surface area contributed by atoms with E-state index in [2.05, 4.69) is 17.4 Å². The van der Waals surface area contributed by atoms with Crippen LogP contribution in [-0.4, -0.2) is 24.4 Å². The van der Waals surface area contributed by atoms with Gasteiger partial charge in [-0.2, -0.15) is 0 Å². The fourth-order valence-electron chi connectivity index (χ4n) is 2.02. The summed E-state index contributed by atoms with van der Waals surface area (Å²) in [7, 11) is 0. The Morgan fingerprint density at radius 2 is 1.71 bits per heavy atom. The molecule has 0 unspecified atom stereocenters. The summed E-state index contributed by atoms with van der Waals surface area (Å²) in [5, 5.41) is 12.7. The van der Waals surface area contributed by atoms with Crippen molar-refractivity contribution in [1.29, 1.82) is 0 Å². The van der Waals surface area contributed by atoms with Crippen LogP contribution in [0.2, 0.25) is 5.02 Å². The lowest BCUT2D eigenvalue weighted by Gasteiger charge is -2.10. The second-order valence-electron chi connectivity index (χ2n) is 5.01. The monoisotopic (exact) mass is 306 g/mol. The van der Waals surface area contributed by atoms with Gasteiger partial charge in [0.25, 0.3) is 0 Å². The van der Waals surface area contributed by atoms with Crippen LogP contribution in [0.4, 0.5) is 0 Å². The third-order valence-electron chi connectivity index (χ3n) is 3.15. The van der Waals surface area contributed by atoms with Crippen LogP contribution >= 0.6 is 11.6 Å². The van der Waals surface area contributed by atoms with Crippen molar-refractivity contribution in [2.45, 2.75) is 19.3 Å². The maximum Gasteiger partial charge on any atom is 0.126 e. The molecule has 3 N–H and O–H groups in total. The summed E-state index contributed by atoms with van der Waals surface area (Å²) >= 11 is 5.82. The zero-order chi connectivity index (χ0) is 14.9. The topological polar surface area (TPSA) is 46.1 Å². The van der Waals surface area contributed by atoms with Crippen LogP contribution < -0.4 is 5.32 Å². The molecule has 0 spiro atoms. The first kappa shape index (κ1) is 16.0. The Labute approximate surface area is 130 Å². The maximum atomic E-state index is 9.87. The number of benzene rings is 2. The molecular weight excluding hydrogens is 286 g/mol. The van der Waals surface area contributed by atoms with E-state index in [4.69, 9.17) is 16.3 Å². The Balaban J connectivity index is 1.59. The quantitative estimate of drug-likeness (QED) is 0.783. The zero-order valence-corrected chi connectivity index (χ0v) is 12.7. The Morgan fingerprint density at radius 1 is 1.00 bits per heavy atom. The summed E-state index contributed by atoms with van der Waals surface area (Å²) in [6.45, 7) is 2.34. The van der Waals surface area contributed by atoms with Gasteiger partial charge in [-0.1, -0.05) is 54.1 Å². The molecule has 4 heteroatoms. The summed E-state index contributed by atoms with van der Waals surface area (Å²) in [6.07, 6.45) is -0.457. The molecular formula is C17H21ClNO2+. The van der Waals surface area contributed by atoms with Crippen molar-refractivity contribution in [2.24, 2.45) is 0 Å². The van der Waals surface area contributed by atoms with Crippen molar-refractivity contribution in [3.8, 4) is 0 Å². The zero-order valence-electron chi connectivity index (χ0n) is 11.9. The van der Waals surface area contributed by atoms with E-state index < -0.39 is 6.10 Å². The first-order chi connectivity index (χ1) is 10.2. The van der Waals surface area contributed by atoms with Crippen LogP contribution in [0.25, 0.3) is 0 Å². The SMILES string of the molecule is O[C@@H](C[NH2+]Cc1ccccc1)COCc1ccc(Cl)cc1. The molecule has 0 aliphatic rings. The van der Waals surface area contributed by atoms with Crippen LogP contribution in [0.5, 0.6) is 0 Å². The second-order valence-corrected chi connectivity index (χ2v) is 5.45. The van der Waals surface area contributed by atoms with Crippen LogP contribution in [0.15, 0.2) is 54.6 Å². The minimum atomic E-state index is -0.457. The third-order valence-corrected chi connectivity index (χ3v) is 3.41. The first-order valence-electron chi connectivity index (χ1n) is 7.10. The van der Waals surface area contributed by atoms with Crippen molar-refractivity contribution >= 4 is 11.6 Å². The minimum Gasteiger partial charge on any atom is -0.385 e. The highest BCUT2D eigenvalue weighted by Crippen LogP contribution is 2.10. The molecule has 0 saturated carbocycles. The lowest BCUT2D eigenvalue weighted by atomic mass is 10.2. The minimum absolute atomic E-state index is 0.341. The molecule has 0 heterocycles. The van der Waals surface area contributed by atoms with Crippen molar-refractivity contribution in [3.63, 3.8) is 0 Å². The number of quaternary nitrogens is 1. The predicted octanol–water partition coefficient (Wildman–Crippen LogP) is 1.98. The fraction of sp³-hybridized carbons (Fsp3) is 0.294. The highest BCUT2D eigenvalue weighted by Gasteiger charge is 2.06. The molecule has 1 atom stereocenters. The standard InChI is InChI=1S/C17H20ClNO2/c18-16-8-6-15(7-9-16)12-21-13-17(20)11-19-10-14-4-2-1-3-5-14/h1-9,17,19-20H,10-13H2/p+1/t17-/m0/s1. The van der Waals surface area contributed by atoms with Gasteiger partial charge in [-0.25, -0.2) is 0 Å². The third kappa shape index (κ3) is 6.27. The molecule has 0 aromatic heterocycles. The summed E-state index contributed by atoms with van der Waals surface area (Å²) < 4.78 is 5.51. The first-order valence-corrected chi connectivity index (χ1v) is 7.47. The van der Waals surface area contributed by atoms with Crippen molar-refractivity contribution < 1.29 is 15.2 Å². The Kier molecular flexibility index (Phi) is 6.70. The number of ether oxygens (including phenoxy) is 1. The molecule has 2 aromatic carbocycles. The van der Waals surface area contributed by atoms with E-state index in [9.17, 15) is 5.11 Å². The number of aliphatic hydroxyl groups excluding tert-OH is 1. The number of nitrogens with two attached hydrogens (primary N) is 1. The number of aliphatic hydroxyl groups is 1. The Bertz CT molecular complexity index is 516. The van der Waals surface area contributed by atoms with E-state index in [-0.39, 0.29) is 0 Å². The predicted molar refractivity (Wildman–Crippen MR) is 84.1 cm³/mol. The molecule has 21 heavy (non-hydrogen) atoms. The number of hydrogen-bond donors (Lipinski definition) is 2. The second kappa shape index (κ2) is 8.80. The Hall–Kier alpha value is -1.39. The Morgan fingerprint density at radius 3 is 2.43 bits per heavy atom. The molecule has 0 saturated heterocycles. The van der Waals surface area contributed by atoms with Gasteiger partial charge < -0.3 is 15.2 Å². The maximum absolute atomic E-state index is 9.87. The highest BCUT2D eigenvalue weighted by molar-refractivity contribution is 6.30. The van der Waals surface area contributed by atoms with Gasteiger partial charge in [0.2, 0.25) is 0 Å². The van der Waals surface area contributed by atoms with Crippen LogP contribution in [0, 0.1) is 0 Å². The van der Waals surface area contributed by atoms with Crippen molar-refractivity contribution in [2.75, 3.05) is 13.2 Å². The van der Waals surface area contributed by atoms with Crippen molar-refractivity contribution in [3.05, 3.63) is 70.7 Å². The van der Waals surface area contributed by atoms with Gasteiger partial charge in [-0.15, -0.1) is 0 Å². The average molecular weight is 307 g/mol. The van der Waals surface area contributed by atoms with E-state index in [0.29, 0.717) is 24.8 Å². The molecule has 2 aromatic rings. The van der Waals surface area contributed by atoms with Crippen LogP contribution in [-0.2, 0) is 17.9 Å². The molecule has 0 aliphatic carbocycles. The summed E-state index contributed by atoms with van der Waals surface area (Å²) in [4.78, 5) is 0. The van der Waals surface area contributed by atoms with Crippen LogP contribution in [0.3, 0.4) is 0 Å². The molecule has 0 bridgehead atoms. The molecule has 112 valence electrons. The van der Waals surface area contributed by atoms with E-state index >= 15 is 0 Å². The van der Waals surface area contributed by atoms with Gasteiger partial charge in [0.05, 0.1) is 13.2 Å². The number of rotatable bonds is 8. The molecule has 3 nitrogen and oxygen atoms in total. The normalized spacial score (nSPS) is 12.3. The van der Waals surface area contributed by atoms with Gasteiger partial charge in [0.15, 0.2) is 0 Å². The molecule has 2 rings (SSSR count). The molecule has 0 fully saturated rings.